The number of fused-ring (bicyclic) bond motifs is 1. The van der Waals surface area contributed by atoms with Crippen LogP contribution in [0.2, 0.25) is 0 Å². The van der Waals surface area contributed by atoms with Crippen molar-refractivity contribution in [3.63, 3.8) is 0 Å². The van der Waals surface area contributed by atoms with Crippen LogP contribution in [0.25, 0.3) is 21.5 Å². The zero-order valence-corrected chi connectivity index (χ0v) is 20.6. The molecule has 3 aromatic heterocycles. The molecule has 0 unspecified atom stereocenters. The van der Waals surface area contributed by atoms with Crippen molar-refractivity contribution < 1.29 is 28.7 Å². The molecular formula is C27H22N3O5S-. The Bertz CT molecular complexity index is 1520. The molecule has 0 fully saturated rings. The van der Waals surface area contributed by atoms with Crippen molar-refractivity contribution in [2.45, 2.75) is 0 Å². The maximum Gasteiger partial charge on any atom is 0.250 e. The third-order valence-electron chi connectivity index (χ3n) is 5.77. The highest BCUT2D eigenvalue weighted by Crippen LogP contribution is 2.39. The van der Waals surface area contributed by atoms with E-state index in [9.17, 15) is 9.90 Å². The van der Waals surface area contributed by atoms with Gasteiger partial charge in [-0.1, -0.05) is 11.6 Å². The third-order valence-corrected chi connectivity index (χ3v) is 6.67. The lowest BCUT2D eigenvalue weighted by atomic mass is 9.99. The van der Waals surface area contributed by atoms with Crippen LogP contribution in [0.5, 0.6) is 17.2 Å². The molecule has 5 aromatic rings. The maximum atomic E-state index is 13.6. The number of pyridine rings is 1. The van der Waals surface area contributed by atoms with E-state index < -0.39 is 0 Å². The Morgan fingerprint density at radius 3 is 2.53 bits per heavy atom. The second-order valence-corrected chi connectivity index (χ2v) is 8.63. The molecule has 0 saturated carbocycles. The van der Waals surface area contributed by atoms with Gasteiger partial charge in [0.15, 0.2) is 22.8 Å². The number of ether oxygens (including phenoxy) is 3. The Morgan fingerprint density at radius 2 is 1.86 bits per heavy atom. The van der Waals surface area contributed by atoms with Crippen molar-refractivity contribution in [2.24, 2.45) is 0 Å². The number of benzene rings is 2. The summed E-state index contributed by atoms with van der Waals surface area (Å²) in [7, 11) is 4.52. The van der Waals surface area contributed by atoms with Gasteiger partial charge < -0.3 is 33.7 Å². The van der Waals surface area contributed by atoms with E-state index in [1.54, 1.807) is 58.9 Å². The lowest BCUT2D eigenvalue weighted by Crippen LogP contribution is -2.39. The fourth-order valence-corrected chi connectivity index (χ4v) is 4.83. The van der Waals surface area contributed by atoms with Crippen LogP contribution in [0, 0.1) is 6.23 Å². The number of carbonyl (C=O) groups is 1. The predicted octanol–water partition coefficient (Wildman–Crippen LogP) is 4.38. The quantitative estimate of drug-likeness (QED) is 0.146. The summed E-state index contributed by atoms with van der Waals surface area (Å²) in [6, 6.07) is 14.2. The van der Waals surface area contributed by atoms with Gasteiger partial charge in [-0.15, -0.1) is 17.5 Å². The second-order valence-electron chi connectivity index (χ2n) is 7.77. The van der Waals surface area contributed by atoms with Crippen LogP contribution in [-0.4, -0.2) is 42.2 Å². The summed E-state index contributed by atoms with van der Waals surface area (Å²) in [6.07, 6.45) is 5.11. The molecule has 0 saturated heterocycles. The Hall–Kier alpha value is -4.34. The van der Waals surface area contributed by atoms with E-state index in [1.165, 1.54) is 32.7 Å². The van der Waals surface area contributed by atoms with Crippen LogP contribution >= 0.6 is 11.3 Å². The van der Waals surface area contributed by atoms with Crippen molar-refractivity contribution in [3.8, 4) is 27.8 Å². The van der Waals surface area contributed by atoms with Crippen molar-refractivity contribution in [1.82, 2.24) is 9.97 Å². The van der Waals surface area contributed by atoms with Gasteiger partial charge in [0.1, 0.15) is 11.2 Å². The lowest BCUT2D eigenvalue weighted by molar-refractivity contribution is -0.652. The van der Waals surface area contributed by atoms with E-state index in [-0.39, 0.29) is 12.0 Å². The van der Waals surface area contributed by atoms with E-state index in [2.05, 4.69) is 9.97 Å². The standard InChI is InChI=1S/C27H22N3O5S/c1-33-22-12-17(13-23(34-2)25(22)35-3)24(31)19-7-4-8-21-18(19)9-11-30(21)27(32)20-15-36-26(29-20)16-6-5-10-28-14-16/h4-15,32H,1-3H3/q-1. The molecular weight excluding hydrogens is 478 g/mol. The minimum atomic E-state index is -0.218. The number of methoxy groups -OCH3 is 3. The summed E-state index contributed by atoms with van der Waals surface area (Å²) in [5.74, 6) is 0.978. The molecule has 0 atom stereocenters. The van der Waals surface area contributed by atoms with Crippen LogP contribution in [0.15, 0.2) is 72.5 Å². The molecule has 182 valence electrons. The van der Waals surface area contributed by atoms with E-state index in [0.717, 1.165) is 10.6 Å². The summed E-state index contributed by atoms with van der Waals surface area (Å²) in [4.78, 5) is 22.3. The van der Waals surface area contributed by atoms with E-state index in [0.29, 0.717) is 45.0 Å². The molecule has 0 aliphatic carbocycles. The highest BCUT2D eigenvalue weighted by Gasteiger charge is 2.20. The Kier molecular flexibility index (Phi) is 6.32. The number of ketones is 1. The number of hydrogen-bond acceptors (Lipinski definition) is 7. The molecule has 8 nitrogen and oxygen atoms in total. The van der Waals surface area contributed by atoms with Gasteiger partial charge in [-0.2, -0.15) is 18.2 Å². The predicted molar refractivity (Wildman–Crippen MR) is 134 cm³/mol. The molecule has 0 aliphatic heterocycles. The summed E-state index contributed by atoms with van der Waals surface area (Å²) >= 11 is 1.42. The van der Waals surface area contributed by atoms with Crippen molar-refractivity contribution in [3.05, 3.63) is 95.6 Å². The van der Waals surface area contributed by atoms with Crippen LogP contribution in [0.4, 0.5) is 0 Å². The zero-order valence-electron chi connectivity index (χ0n) is 19.8. The topological polar surface area (TPSA) is 94.7 Å². The van der Waals surface area contributed by atoms with Crippen LogP contribution in [-0.2, 0) is 0 Å². The van der Waals surface area contributed by atoms with Crippen molar-refractivity contribution >= 4 is 28.0 Å². The Labute approximate surface area is 211 Å². The monoisotopic (exact) mass is 500 g/mol. The van der Waals surface area contributed by atoms with Gasteiger partial charge in [0.05, 0.1) is 32.5 Å². The molecule has 36 heavy (non-hydrogen) atoms. The minimum Gasteiger partial charge on any atom is -0.493 e. The number of aromatic nitrogens is 3. The Balaban J connectivity index is 1.52. The molecule has 0 spiro atoms. The van der Waals surface area contributed by atoms with Gasteiger partial charge >= 0.3 is 0 Å². The van der Waals surface area contributed by atoms with Gasteiger partial charge in [0.25, 0.3) is 0 Å². The Morgan fingerprint density at radius 1 is 1.08 bits per heavy atom. The average molecular weight is 501 g/mol. The molecule has 0 radical (unpaired) electrons. The fourth-order valence-electron chi connectivity index (χ4n) is 4.04. The second kappa shape index (κ2) is 9.73. The summed E-state index contributed by atoms with van der Waals surface area (Å²) < 4.78 is 17.8. The number of nitrogens with zero attached hydrogens (tertiary/aromatic N) is 3. The number of thiazole rings is 1. The highest BCUT2D eigenvalue weighted by atomic mass is 32.1. The first-order valence-corrected chi connectivity index (χ1v) is 11.8. The van der Waals surface area contributed by atoms with E-state index in [1.807, 2.05) is 18.2 Å². The fraction of sp³-hybridized carbons (Fsp3) is 0.111. The summed E-state index contributed by atoms with van der Waals surface area (Å²) in [5.41, 5.74) is 2.83. The van der Waals surface area contributed by atoms with Gasteiger partial charge in [-0.05, 0) is 23.9 Å². The molecule has 5 rings (SSSR count). The minimum absolute atomic E-state index is 0.0335. The molecule has 0 aliphatic rings. The molecule has 0 bridgehead atoms. The third kappa shape index (κ3) is 4.04. The molecule has 3 heterocycles. The van der Waals surface area contributed by atoms with Crippen LogP contribution < -0.4 is 18.8 Å². The average Bonchev–Trinajstić information content (AvgIpc) is 3.60. The first-order valence-electron chi connectivity index (χ1n) is 10.9. The summed E-state index contributed by atoms with van der Waals surface area (Å²) in [5, 5.41) is 14.3. The molecule has 0 amide bonds. The van der Waals surface area contributed by atoms with Gasteiger partial charge in [0.2, 0.25) is 17.0 Å². The zero-order chi connectivity index (χ0) is 25.2. The first-order chi connectivity index (χ1) is 17.5. The lowest BCUT2D eigenvalue weighted by Gasteiger charge is -2.16. The van der Waals surface area contributed by atoms with E-state index >= 15 is 0 Å². The van der Waals surface area contributed by atoms with E-state index in [4.69, 9.17) is 14.2 Å². The van der Waals surface area contributed by atoms with Gasteiger partial charge in [0, 0.05) is 18.0 Å². The largest absolute Gasteiger partial charge is 0.493 e. The smallest absolute Gasteiger partial charge is 0.250 e. The van der Waals surface area contributed by atoms with Crippen LogP contribution in [0.3, 0.4) is 0 Å². The van der Waals surface area contributed by atoms with Gasteiger partial charge in [-0.25, -0.2) is 0 Å². The van der Waals surface area contributed by atoms with Gasteiger partial charge in [-0.3, -0.25) is 4.98 Å². The molecule has 9 heteroatoms. The van der Waals surface area contributed by atoms with Crippen LogP contribution in [0.1, 0.15) is 21.6 Å². The molecule has 2 aromatic carbocycles. The normalized spacial score (nSPS) is 10.9. The summed E-state index contributed by atoms with van der Waals surface area (Å²) in [6.45, 7) is 0. The highest BCUT2D eigenvalue weighted by molar-refractivity contribution is 7.13. The number of rotatable bonds is 8. The first kappa shape index (κ1) is 23.4. The SMILES string of the molecule is COc1cc(C(=O)c2ccc[c-]3c2cc[n+]3[C-](O)c2c[s+][c-](-c3cccnc3)n2)cc(OC)c1OC. The number of carbonyl (C=O) groups excluding carboxylic acids is 1. The number of hydrogen-bond donors (Lipinski definition) is 1. The number of aliphatic hydroxyl groups is 1. The number of aliphatic hydroxyl groups excluding tert-OH is 1. The van der Waals surface area contributed by atoms with Crippen molar-refractivity contribution in [2.75, 3.05) is 21.3 Å². The molecule has 1 N–H and O–H groups in total. The van der Waals surface area contributed by atoms with Crippen molar-refractivity contribution in [1.29, 1.82) is 0 Å². The maximum absolute atomic E-state index is 13.6.